The van der Waals surface area contributed by atoms with E-state index in [-0.39, 0.29) is 29.1 Å². The SMILES string of the molecule is COc1cc(C2=NC(C3SCC4C5SCC(C)(C(=O)N43)N5C)CS2)c(O)c2ccccc12. The van der Waals surface area contributed by atoms with Crippen molar-refractivity contribution in [1.29, 1.82) is 0 Å². The third-order valence-corrected chi connectivity index (χ3v) is 11.4. The molecule has 168 valence electrons. The van der Waals surface area contributed by atoms with Gasteiger partial charge in [-0.2, -0.15) is 0 Å². The topological polar surface area (TPSA) is 65.4 Å². The minimum atomic E-state index is -0.419. The van der Waals surface area contributed by atoms with Crippen LogP contribution in [-0.2, 0) is 4.79 Å². The molecular formula is C23H25N3O3S3. The zero-order chi connectivity index (χ0) is 22.2. The quantitative estimate of drug-likeness (QED) is 0.711. The van der Waals surface area contributed by atoms with Gasteiger partial charge in [-0.3, -0.25) is 14.7 Å². The lowest BCUT2D eigenvalue weighted by atomic mass is 9.95. The molecule has 4 aliphatic rings. The van der Waals surface area contributed by atoms with Gasteiger partial charge in [0.2, 0.25) is 5.91 Å². The van der Waals surface area contributed by atoms with Gasteiger partial charge in [0.1, 0.15) is 27.5 Å². The number of carbonyl (C=O) groups is 1. The van der Waals surface area contributed by atoms with Gasteiger partial charge in [0.15, 0.2) is 0 Å². The highest BCUT2D eigenvalue weighted by Gasteiger charge is 2.61. The molecule has 2 aromatic rings. The molecule has 4 aliphatic heterocycles. The Morgan fingerprint density at radius 3 is 2.75 bits per heavy atom. The summed E-state index contributed by atoms with van der Waals surface area (Å²) >= 11 is 5.43. The van der Waals surface area contributed by atoms with E-state index in [0.717, 1.165) is 38.8 Å². The number of amides is 1. The van der Waals surface area contributed by atoms with Crippen molar-refractivity contribution in [3.05, 3.63) is 35.9 Å². The zero-order valence-corrected chi connectivity index (χ0v) is 20.6. The predicted molar refractivity (Wildman–Crippen MR) is 134 cm³/mol. The van der Waals surface area contributed by atoms with E-state index in [1.807, 2.05) is 53.9 Å². The number of hydrogen-bond acceptors (Lipinski definition) is 8. The van der Waals surface area contributed by atoms with Gasteiger partial charge in [-0.1, -0.05) is 24.3 Å². The molecular weight excluding hydrogens is 462 g/mol. The largest absolute Gasteiger partial charge is 0.507 e. The monoisotopic (exact) mass is 487 g/mol. The minimum Gasteiger partial charge on any atom is -0.507 e. The smallest absolute Gasteiger partial charge is 0.245 e. The van der Waals surface area contributed by atoms with Crippen molar-refractivity contribution < 1.29 is 14.6 Å². The van der Waals surface area contributed by atoms with E-state index in [4.69, 9.17) is 9.73 Å². The zero-order valence-electron chi connectivity index (χ0n) is 18.1. The van der Waals surface area contributed by atoms with Crippen molar-refractivity contribution in [3.63, 3.8) is 0 Å². The predicted octanol–water partition coefficient (Wildman–Crippen LogP) is 3.46. The summed E-state index contributed by atoms with van der Waals surface area (Å²) in [6, 6.07) is 9.85. The van der Waals surface area contributed by atoms with Gasteiger partial charge in [0.05, 0.1) is 30.1 Å². The van der Waals surface area contributed by atoms with Gasteiger partial charge in [0.25, 0.3) is 0 Å². The molecule has 1 N–H and O–H groups in total. The summed E-state index contributed by atoms with van der Waals surface area (Å²) in [6.07, 6.45) is 0. The maximum Gasteiger partial charge on any atom is 0.245 e. The van der Waals surface area contributed by atoms with Crippen LogP contribution >= 0.6 is 35.3 Å². The fourth-order valence-corrected chi connectivity index (χ4v) is 9.88. The van der Waals surface area contributed by atoms with E-state index >= 15 is 0 Å². The Morgan fingerprint density at radius 1 is 1.19 bits per heavy atom. The summed E-state index contributed by atoms with van der Waals surface area (Å²) in [4.78, 5) is 23.0. The van der Waals surface area contributed by atoms with E-state index in [9.17, 15) is 9.90 Å². The van der Waals surface area contributed by atoms with Crippen LogP contribution in [0.2, 0.25) is 0 Å². The summed E-state index contributed by atoms with van der Waals surface area (Å²) in [5, 5.41) is 13.9. The average molecular weight is 488 g/mol. The van der Waals surface area contributed by atoms with Gasteiger partial charge in [-0.15, -0.1) is 35.3 Å². The van der Waals surface area contributed by atoms with Crippen LogP contribution in [-0.4, -0.2) is 85.6 Å². The van der Waals surface area contributed by atoms with Gasteiger partial charge in [-0.25, -0.2) is 0 Å². The van der Waals surface area contributed by atoms with Crippen molar-refractivity contribution in [3.8, 4) is 11.5 Å². The first-order chi connectivity index (χ1) is 15.4. The molecule has 3 fully saturated rings. The number of nitrogens with zero attached hydrogens (tertiary/aromatic N) is 3. The second-order valence-electron chi connectivity index (χ2n) is 8.92. The Balaban J connectivity index is 1.35. The third kappa shape index (κ3) is 2.80. The number of methoxy groups -OCH3 is 1. The first-order valence-corrected chi connectivity index (χ1v) is 13.8. The van der Waals surface area contributed by atoms with E-state index in [2.05, 4.69) is 23.8 Å². The second-order valence-corrected chi connectivity index (χ2v) is 12.2. The number of piperazine rings is 1. The Hall–Kier alpha value is -1.55. The van der Waals surface area contributed by atoms with E-state index in [1.54, 1.807) is 18.9 Å². The normalized spacial score (nSPS) is 34.3. The molecule has 0 aliphatic carbocycles. The maximum absolute atomic E-state index is 13.5. The number of aromatic hydroxyl groups is 1. The number of phenols is 1. The van der Waals surface area contributed by atoms with Crippen LogP contribution in [0.25, 0.3) is 10.8 Å². The van der Waals surface area contributed by atoms with Crippen molar-refractivity contribution >= 4 is 57.0 Å². The molecule has 2 aromatic carbocycles. The highest BCUT2D eigenvalue weighted by molar-refractivity contribution is 8.14. The Labute approximate surface area is 200 Å². The summed E-state index contributed by atoms with van der Waals surface area (Å²) in [5.41, 5.74) is 0.289. The van der Waals surface area contributed by atoms with Gasteiger partial charge >= 0.3 is 0 Å². The van der Waals surface area contributed by atoms with Crippen LogP contribution in [0.3, 0.4) is 0 Å². The third-order valence-electron chi connectivity index (χ3n) is 7.22. The van der Waals surface area contributed by atoms with Crippen molar-refractivity contribution in [2.75, 3.05) is 31.4 Å². The fourth-order valence-electron chi connectivity index (χ4n) is 5.27. The molecule has 1 amide bonds. The average Bonchev–Trinajstić information content (AvgIpc) is 3.50. The number of thioether (sulfide) groups is 3. The lowest BCUT2D eigenvalue weighted by molar-refractivity contribution is -0.151. The molecule has 32 heavy (non-hydrogen) atoms. The number of aliphatic imine (C=N–C) groups is 1. The van der Waals surface area contributed by atoms with E-state index in [1.165, 1.54) is 0 Å². The van der Waals surface area contributed by atoms with E-state index in [0.29, 0.717) is 10.9 Å². The standard InChI is InChI=1S/C23H25N3O3S3/c1-23-11-32-21(25(23)2)16-10-31-20(26(16)22(23)28)15-9-30-19(24-15)14-8-17(29-3)12-6-4-5-7-13(12)18(14)27/h4-8,15-16,20-21,27H,9-11H2,1-3H3. The highest BCUT2D eigenvalue weighted by Crippen LogP contribution is 2.51. The number of hydrogen-bond donors (Lipinski definition) is 1. The van der Waals surface area contributed by atoms with E-state index < -0.39 is 5.54 Å². The summed E-state index contributed by atoms with van der Waals surface area (Å²) in [6.45, 7) is 2.08. The van der Waals surface area contributed by atoms with Crippen LogP contribution in [0.4, 0.5) is 0 Å². The Kier molecular flexibility index (Phi) is 4.91. The molecule has 5 atom stereocenters. The Morgan fingerprint density at radius 2 is 1.97 bits per heavy atom. The van der Waals surface area contributed by atoms with Crippen molar-refractivity contribution in [2.45, 2.75) is 35.3 Å². The van der Waals surface area contributed by atoms with Gasteiger partial charge in [-0.05, 0) is 20.0 Å². The van der Waals surface area contributed by atoms with Crippen molar-refractivity contribution in [2.24, 2.45) is 4.99 Å². The lowest BCUT2D eigenvalue weighted by Gasteiger charge is -2.47. The van der Waals surface area contributed by atoms with Crippen LogP contribution in [0.5, 0.6) is 11.5 Å². The number of rotatable bonds is 3. The summed E-state index contributed by atoms with van der Waals surface area (Å²) in [7, 11) is 3.74. The molecule has 6 nitrogen and oxygen atoms in total. The molecule has 0 spiro atoms. The molecule has 0 saturated carbocycles. The molecule has 9 heteroatoms. The molecule has 5 unspecified atom stereocenters. The number of phenolic OH excluding ortho intramolecular Hbond substituents is 1. The molecule has 0 aromatic heterocycles. The number of likely N-dealkylation sites (N-methyl/N-ethyl adjacent to an activating group) is 1. The number of fused-ring (bicyclic) bond motifs is 5. The molecule has 2 bridgehead atoms. The maximum atomic E-state index is 13.5. The number of benzene rings is 2. The summed E-state index contributed by atoms with van der Waals surface area (Å²) < 4.78 is 5.61. The number of ether oxygens (including phenoxy) is 1. The van der Waals surface area contributed by atoms with Crippen LogP contribution < -0.4 is 4.74 Å². The first kappa shape index (κ1) is 21.0. The fraction of sp³-hybridized carbons (Fsp3) is 0.478. The highest BCUT2D eigenvalue weighted by atomic mass is 32.2. The molecule has 3 saturated heterocycles. The minimum absolute atomic E-state index is 0.0159. The van der Waals surface area contributed by atoms with Crippen LogP contribution in [0.15, 0.2) is 35.3 Å². The van der Waals surface area contributed by atoms with Gasteiger partial charge < -0.3 is 14.7 Å². The van der Waals surface area contributed by atoms with Gasteiger partial charge in [0, 0.05) is 28.0 Å². The van der Waals surface area contributed by atoms with Crippen LogP contribution in [0, 0.1) is 0 Å². The summed E-state index contributed by atoms with van der Waals surface area (Å²) in [5.74, 6) is 3.83. The lowest BCUT2D eigenvalue weighted by Crippen LogP contribution is -2.68. The van der Waals surface area contributed by atoms with Crippen LogP contribution in [0.1, 0.15) is 12.5 Å². The molecule has 0 radical (unpaired) electrons. The first-order valence-electron chi connectivity index (χ1n) is 10.7. The molecule has 4 heterocycles. The van der Waals surface area contributed by atoms with Crippen molar-refractivity contribution in [1.82, 2.24) is 9.80 Å². The Bertz CT molecular complexity index is 1160. The molecule has 6 rings (SSSR count). The second kappa shape index (κ2) is 7.48. The number of carbonyl (C=O) groups excluding carboxylic acids is 1.